The van der Waals surface area contributed by atoms with E-state index >= 15 is 0 Å². The van der Waals surface area contributed by atoms with Crippen molar-refractivity contribution in [3.8, 4) is 0 Å². The van der Waals surface area contributed by atoms with Crippen LogP contribution in [0.3, 0.4) is 0 Å². The van der Waals surface area contributed by atoms with Gasteiger partial charge >= 0.3 is 0 Å². The minimum Gasteiger partial charge on any atom is -0.313 e. The molecule has 0 saturated heterocycles. The molecule has 1 fully saturated rings. The molecule has 0 bridgehead atoms. The zero-order valence-electron chi connectivity index (χ0n) is 14.1. The van der Waals surface area contributed by atoms with Crippen LogP contribution in [0, 0.1) is 11.3 Å². The number of hydrogen-bond donors (Lipinski definition) is 1. The van der Waals surface area contributed by atoms with Crippen LogP contribution in [-0.2, 0) is 0 Å². The molecule has 2 heteroatoms. The van der Waals surface area contributed by atoms with Crippen LogP contribution in [0.4, 0.5) is 0 Å². The van der Waals surface area contributed by atoms with E-state index in [9.17, 15) is 0 Å². The Morgan fingerprint density at radius 2 is 1.84 bits per heavy atom. The van der Waals surface area contributed by atoms with Crippen LogP contribution in [-0.4, -0.2) is 36.6 Å². The first-order chi connectivity index (χ1) is 8.86. The van der Waals surface area contributed by atoms with Crippen molar-refractivity contribution in [2.45, 2.75) is 79.3 Å². The van der Waals surface area contributed by atoms with Crippen LogP contribution in [0.2, 0.25) is 0 Å². The summed E-state index contributed by atoms with van der Waals surface area (Å²) in [4.78, 5) is 2.68. The fraction of sp³-hybridized carbons (Fsp3) is 1.00. The Morgan fingerprint density at radius 3 is 2.26 bits per heavy atom. The third-order valence-corrected chi connectivity index (χ3v) is 4.16. The molecular weight excluding hydrogens is 232 g/mol. The molecule has 1 unspecified atom stereocenters. The van der Waals surface area contributed by atoms with Crippen molar-refractivity contribution in [2.75, 3.05) is 19.6 Å². The molecular formula is C17H36N2. The standard InChI is InChI=1S/C17H36N2/c1-7-10-17(6,12-18-16-8-9-16)13-19(15(4)5)11-14(2)3/h14-16,18H,7-13H2,1-6H3. The summed E-state index contributed by atoms with van der Waals surface area (Å²) in [5.74, 6) is 0.754. The lowest BCUT2D eigenvalue weighted by atomic mass is 9.84. The van der Waals surface area contributed by atoms with Crippen molar-refractivity contribution in [1.29, 1.82) is 0 Å². The van der Waals surface area contributed by atoms with Gasteiger partial charge in [0.1, 0.15) is 0 Å². The van der Waals surface area contributed by atoms with E-state index in [4.69, 9.17) is 0 Å². The molecule has 0 spiro atoms. The summed E-state index contributed by atoms with van der Waals surface area (Å²) in [7, 11) is 0. The predicted molar refractivity (Wildman–Crippen MR) is 85.6 cm³/mol. The second-order valence-corrected chi connectivity index (χ2v) is 7.63. The van der Waals surface area contributed by atoms with Crippen molar-refractivity contribution < 1.29 is 0 Å². The van der Waals surface area contributed by atoms with Gasteiger partial charge in [0.25, 0.3) is 0 Å². The van der Waals surface area contributed by atoms with Crippen molar-refractivity contribution in [2.24, 2.45) is 11.3 Å². The van der Waals surface area contributed by atoms with Gasteiger partial charge in [-0.2, -0.15) is 0 Å². The number of nitrogens with one attached hydrogen (secondary N) is 1. The molecule has 1 aliphatic carbocycles. The highest BCUT2D eigenvalue weighted by atomic mass is 15.2. The smallest absolute Gasteiger partial charge is 0.00684 e. The number of hydrogen-bond acceptors (Lipinski definition) is 2. The molecule has 1 aliphatic rings. The summed E-state index contributed by atoms with van der Waals surface area (Å²) in [6.45, 7) is 17.8. The minimum atomic E-state index is 0.427. The molecule has 1 atom stereocenters. The molecule has 0 aliphatic heterocycles. The summed E-state index contributed by atoms with van der Waals surface area (Å²) < 4.78 is 0. The molecule has 0 aromatic carbocycles. The Kier molecular flexibility index (Phi) is 6.82. The largest absolute Gasteiger partial charge is 0.313 e. The van der Waals surface area contributed by atoms with Crippen molar-refractivity contribution >= 4 is 0 Å². The van der Waals surface area contributed by atoms with Crippen molar-refractivity contribution in [1.82, 2.24) is 10.2 Å². The lowest BCUT2D eigenvalue weighted by Gasteiger charge is -2.39. The van der Waals surface area contributed by atoms with Gasteiger partial charge in [0.2, 0.25) is 0 Å². The van der Waals surface area contributed by atoms with E-state index in [0.717, 1.165) is 12.0 Å². The van der Waals surface area contributed by atoms with E-state index in [1.807, 2.05) is 0 Å². The zero-order chi connectivity index (χ0) is 14.5. The maximum absolute atomic E-state index is 3.75. The van der Waals surface area contributed by atoms with Gasteiger partial charge in [0.15, 0.2) is 0 Å². The number of nitrogens with zero attached hydrogens (tertiary/aromatic N) is 1. The molecule has 19 heavy (non-hydrogen) atoms. The summed E-state index contributed by atoms with van der Waals surface area (Å²) in [5.41, 5.74) is 0.427. The van der Waals surface area contributed by atoms with E-state index in [2.05, 4.69) is 51.8 Å². The topological polar surface area (TPSA) is 15.3 Å². The van der Waals surface area contributed by atoms with Crippen LogP contribution in [0.1, 0.15) is 67.2 Å². The maximum atomic E-state index is 3.75. The Bertz CT molecular complexity index is 246. The predicted octanol–water partition coefficient (Wildman–Crippen LogP) is 3.91. The summed E-state index contributed by atoms with van der Waals surface area (Å²) in [5, 5.41) is 3.75. The summed E-state index contributed by atoms with van der Waals surface area (Å²) >= 11 is 0. The third-order valence-electron chi connectivity index (χ3n) is 4.16. The van der Waals surface area contributed by atoms with Crippen LogP contribution in [0.25, 0.3) is 0 Å². The lowest BCUT2D eigenvalue weighted by molar-refractivity contribution is 0.110. The fourth-order valence-corrected chi connectivity index (χ4v) is 2.92. The molecule has 2 nitrogen and oxygen atoms in total. The highest BCUT2D eigenvalue weighted by Crippen LogP contribution is 2.28. The molecule has 1 N–H and O–H groups in total. The van der Waals surface area contributed by atoms with E-state index in [1.165, 1.54) is 45.3 Å². The molecule has 0 aromatic rings. The Labute approximate surface area is 121 Å². The maximum Gasteiger partial charge on any atom is 0.00684 e. The molecule has 1 saturated carbocycles. The SMILES string of the molecule is CCCC(C)(CNC1CC1)CN(CC(C)C)C(C)C. The van der Waals surface area contributed by atoms with Gasteiger partial charge in [-0.3, -0.25) is 0 Å². The fourth-order valence-electron chi connectivity index (χ4n) is 2.92. The van der Waals surface area contributed by atoms with Gasteiger partial charge in [0, 0.05) is 31.7 Å². The Balaban J connectivity index is 2.55. The minimum absolute atomic E-state index is 0.427. The monoisotopic (exact) mass is 268 g/mol. The quantitative estimate of drug-likeness (QED) is 0.646. The van der Waals surface area contributed by atoms with Crippen molar-refractivity contribution in [3.63, 3.8) is 0 Å². The van der Waals surface area contributed by atoms with Crippen LogP contribution >= 0.6 is 0 Å². The van der Waals surface area contributed by atoms with Gasteiger partial charge in [-0.15, -0.1) is 0 Å². The normalized spacial score (nSPS) is 19.4. The summed E-state index contributed by atoms with van der Waals surface area (Å²) in [6.07, 6.45) is 5.40. The van der Waals surface area contributed by atoms with E-state index < -0.39 is 0 Å². The van der Waals surface area contributed by atoms with Gasteiger partial charge in [-0.05, 0) is 44.4 Å². The second-order valence-electron chi connectivity index (χ2n) is 7.63. The first-order valence-corrected chi connectivity index (χ1v) is 8.33. The van der Waals surface area contributed by atoms with Crippen LogP contribution < -0.4 is 5.32 Å². The molecule has 0 amide bonds. The third kappa shape index (κ3) is 6.76. The second kappa shape index (κ2) is 7.64. The average molecular weight is 268 g/mol. The van der Waals surface area contributed by atoms with E-state index in [-0.39, 0.29) is 0 Å². The summed E-state index contributed by atoms with van der Waals surface area (Å²) in [6, 6.07) is 1.48. The van der Waals surface area contributed by atoms with Gasteiger partial charge in [-0.1, -0.05) is 34.1 Å². The first-order valence-electron chi connectivity index (χ1n) is 8.33. The molecule has 0 heterocycles. The molecule has 0 radical (unpaired) electrons. The Morgan fingerprint density at radius 1 is 1.21 bits per heavy atom. The highest BCUT2D eigenvalue weighted by molar-refractivity contribution is 4.87. The van der Waals surface area contributed by atoms with Crippen LogP contribution in [0.5, 0.6) is 0 Å². The Hall–Kier alpha value is -0.0800. The molecule has 114 valence electrons. The molecule has 0 aromatic heterocycles. The highest BCUT2D eigenvalue weighted by Gasteiger charge is 2.30. The van der Waals surface area contributed by atoms with Crippen LogP contribution in [0.15, 0.2) is 0 Å². The first kappa shape index (κ1) is 17.0. The molecule has 1 rings (SSSR count). The number of rotatable bonds is 10. The lowest BCUT2D eigenvalue weighted by Crippen LogP contribution is -2.46. The zero-order valence-corrected chi connectivity index (χ0v) is 14.1. The van der Waals surface area contributed by atoms with E-state index in [1.54, 1.807) is 0 Å². The average Bonchev–Trinajstić information content (AvgIpc) is 3.09. The van der Waals surface area contributed by atoms with Crippen molar-refractivity contribution in [3.05, 3.63) is 0 Å². The van der Waals surface area contributed by atoms with Gasteiger partial charge in [-0.25, -0.2) is 0 Å². The van der Waals surface area contributed by atoms with Gasteiger partial charge in [0.05, 0.1) is 0 Å². The van der Waals surface area contributed by atoms with Gasteiger partial charge < -0.3 is 10.2 Å². The van der Waals surface area contributed by atoms with E-state index in [0.29, 0.717) is 11.5 Å².